The average molecular weight is 205 g/mol. The molecule has 0 saturated heterocycles. The van der Waals surface area contributed by atoms with Gasteiger partial charge in [0.25, 0.3) is 5.91 Å². The molecule has 0 spiro atoms. The molecule has 5 nitrogen and oxygen atoms in total. The number of amides is 1. The number of rotatable bonds is 2. The molecule has 0 aliphatic carbocycles. The number of carbonyl (C=O) groups excluding carboxylic acids is 1. The fourth-order valence-corrected chi connectivity index (χ4v) is 1.70. The number of hydrogen-bond acceptors (Lipinski definition) is 3. The molecular formula is C5H8N3O2PS. The summed E-state index contributed by atoms with van der Waals surface area (Å²) in [6, 6.07) is 1.59. The SMILES string of the molecule is NP(N)(=O)NC(=O)c1ccsc1. The second-order valence-corrected chi connectivity index (χ2v) is 4.58. The van der Waals surface area contributed by atoms with Crippen molar-refractivity contribution in [2.24, 2.45) is 11.0 Å². The van der Waals surface area contributed by atoms with E-state index >= 15 is 0 Å². The van der Waals surface area contributed by atoms with Gasteiger partial charge in [0, 0.05) is 5.38 Å². The molecule has 0 aliphatic rings. The second kappa shape index (κ2) is 3.37. The summed E-state index contributed by atoms with van der Waals surface area (Å²) in [5.74, 6) is -0.510. The van der Waals surface area contributed by atoms with Gasteiger partial charge in [-0.3, -0.25) is 25.5 Å². The van der Waals surface area contributed by atoms with Gasteiger partial charge in [-0.2, -0.15) is 11.3 Å². The van der Waals surface area contributed by atoms with Crippen LogP contribution in [0.5, 0.6) is 0 Å². The van der Waals surface area contributed by atoms with Crippen LogP contribution in [0.4, 0.5) is 0 Å². The van der Waals surface area contributed by atoms with Gasteiger partial charge >= 0.3 is 7.59 Å². The van der Waals surface area contributed by atoms with Gasteiger partial charge in [-0.1, -0.05) is 0 Å². The Balaban J connectivity index is 2.69. The molecule has 0 saturated carbocycles. The van der Waals surface area contributed by atoms with Crippen LogP contribution in [0, 0.1) is 0 Å². The molecule has 0 bridgehead atoms. The molecule has 0 fully saturated rings. The van der Waals surface area contributed by atoms with E-state index in [1.54, 1.807) is 16.8 Å². The minimum Gasteiger partial charge on any atom is -0.279 e. The van der Waals surface area contributed by atoms with Crippen LogP contribution in [-0.2, 0) is 4.57 Å². The summed E-state index contributed by atoms with van der Waals surface area (Å²) in [6.07, 6.45) is 0. The summed E-state index contributed by atoms with van der Waals surface area (Å²) in [4.78, 5) is 11.1. The lowest BCUT2D eigenvalue weighted by Gasteiger charge is -2.06. The first-order valence-corrected chi connectivity index (χ1v) is 5.80. The van der Waals surface area contributed by atoms with E-state index in [0.29, 0.717) is 5.56 Å². The van der Waals surface area contributed by atoms with Gasteiger partial charge in [0.2, 0.25) is 0 Å². The Hall–Kier alpha value is -0.680. The van der Waals surface area contributed by atoms with E-state index in [-0.39, 0.29) is 0 Å². The molecule has 0 unspecified atom stereocenters. The summed E-state index contributed by atoms with van der Waals surface area (Å²) < 4.78 is 10.7. The molecule has 5 N–H and O–H groups in total. The predicted octanol–water partition coefficient (Wildman–Crippen LogP) is 0.503. The highest BCUT2D eigenvalue weighted by Gasteiger charge is 2.14. The predicted molar refractivity (Wildman–Crippen MR) is 47.8 cm³/mol. The highest BCUT2D eigenvalue weighted by Crippen LogP contribution is 2.19. The highest BCUT2D eigenvalue weighted by molar-refractivity contribution is 7.57. The minimum atomic E-state index is -3.46. The Morgan fingerprint density at radius 2 is 2.25 bits per heavy atom. The van der Waals surface area contributed by atoms with E-state index in [4.69, 9.17) is 11.0 Å². The zero-order chi connectivity index (χ0) is 9.19. The van der Waals surface area contributed by atoms with Crippen LogP contribution in [0.25, 0.3) is 0 Å². The normalized spacial score (nSPS) is 11.2. The fourth-order valence-electron chi connectivity index (χ4n) is 0.617. The molecule has 1 aromatic rings. The first-order valence-electron chi connectivity index (χ1n) is 3.01. The number of carbonyl (C=O) groups is 1. The third-order valence-corrected chi connectivity index (χ3v) is 2.30. The van der Waals surface area contributed by atoms with Gasteiger partial charge in [-0.15, -0.1) is 0 Å². The maximum atomic E-state index is 11.1. The van der Waals surface area contributed by atoms with Gasteiger partial charge in [0.1, 0.15) is 0 Å². The Morgan fingerprint density at radius 3 is 2.67 bits per heavy atom. The quantitative estimate of drug-likeness (QED) is 0.612. The van der Waals surface area contributed by atoms with Crippen molar-refractivity contribution in [1.82, 2.24) is 5.09 Å². The van der Waals surface area contributed by atoms with Crippen molar-refractivity contribution in [3.8, 4) is 0 Å². The van der Waals surface area contributed by atoms with Crippen LogP contribution in [-0.4, -0.2) is 5.91 Å². The highest BCUT2D eigenvalue weighted by atomic mass is 32.1. The van der Waals surface area contributed by atoms with Crippen LogP contribution < -0.4 is 16.1 Å². The lowest BCUT2D eigenvalue weighted by atomic mass is 10.3. The number of nitrogens with two attached hydrogens (primary N) is 2. The Bertz CT molecular complexity index is 317. The zero-order valence-corrected chi connectivity index (χ0v) is 7.77. The van der Waals surface area contributed by atoms with Crippen molar-refractivity contribution in [1.29, 1.82) is 0 Å². The lowest BCUT2D eigenvalue weighted by Crippen LogP contribution is -2.28. The molecule has 0 radical (unpaired) electrons. The van der Waals surface area contributed by atoms with E-state index in [2.05, 4.69) is 0 Å². The average Bonchev–Trinajstić information content (AvgIpc) is 2.32. The monoisotopic (exact) mass is 205 g/mol. The molecule has 0 atom stereocenters. The van der Waals surface area contributed by atoms with Crippen molar-refractivity contribution < 1.29 is 9.36 Å². The molecule has 0 aromatic carbocycles. The Labute approximate surface area is 73.3 Å². The van der Waals surface area contributed by atoms with E-state index < -0.39 is 13.5 Å². The van der Waals surface area contributed by atoms with Crippen LogP contribution in [0.1, 0.15) is 10.4 Å². The van der Waals surface area contributed by atoms with Crippen LogP contribution >= 0.6 is 18.9 Å². The van der Waals surface area contributed by atoms with Gasteiger partial charge < -0.3 is 0 Å². The first kappa shape index (κ1) is 9.41. The summed E-state index contributed by atoms with van der Waals surface area (Å²) in [5, 5.41) is 5.35. The standard InChI is InChI=1S/C5H8N3O2PS/c6-11(7,10)8-5(9)4-1-2-12-3-4/h1-3H,(H5,6,7,8,9,10). The fraction of sp³-hybridized carbons (Fsp3) is 0. The van der Waals surface area contributed by atoms with Crippen molar-refractivity contribution in [3.63, 3.8) is 0 Å². The van der Waals surface area contributed by atoms with E-state index in [1.165, 1.54) is 11.3 Å². The van der Waals surface area contributed by atoms with E-state index in [0.717, 1.165) is 0 Å². The summed E-state index contributed by atoms with van der Waals surface area (Å²) in [7, 11) is -3.46. The maximum Gasteiger partial charge on any atom is 0.300 e. The van der Waals surface area contributed by atoms with Gasteiger partial charge in [0.05, 0.1) is 5.56 Å². The number of hydrogen-bond donors (Lipinski definition) is 3. The van der Waals surface area contributed by atoms with Crippen molar-refractivity contribution >= 4 is 24.8 Å². The molecule has 1 amide bonds. The van der Waals surface area contributed by atoms with Gasteiger partial charge in [0.15, 0.2) is 0 Å². The molecule has 1 aromatic heterocycles. The second-order valence-electron chi connectivity index (χ2n) is 2.16. The van der Waals surface area contributed by atoms with Crippen molar-refractivity contribution in [2.45, 2.75) is 0 Å². The summed E-state index contributed by atoms with van der Waals surface area (Å²) in [6.45, 7) is 0. The van der Waals surface area contributed by atoms with E-state index in [9.17, 15) is 9.36 Å². The molecule has 1 heterocycles. The van der Waals surface area contributed by atoms with Crippen LogP contribution in [0.2, 0.25) is 0 Å². The summed E-state index contributed by atoms with van der Waals surface area (Å²) >= 11 is 1.36. The third kappa shape index (κ3) is 2.75. The molecular weight excluding hydrogens is 197 g/mol. The molecule has 0 aliphatic heterocycles. The minimum absolute atomic E-state index is 0.413. The largest absolute Gasteiger partial charge is 0.300 e. The first-order chi connectivity index (χ1) is 5.49. The Kier molecular flexibility index (Phi) is 2.64. The molecule has 7 heteroatoms. The molecule has 1 rings (SSSR count). The third-order valence-electron chi connectivity index (χ3n) is 1.06. The zero-order valence-electron chi connectivity index (χ0n) is 6.06. The molecule has 12 heavy (non-hydrogen) atoms. The van der Waals surface area contributed by atoms with Crippen molar-refractivity contribution in [2.75, 3.05) is 0 Å². The molecule has 66 valence electrons. The summed E-state index contributed by atoms with van der Waals surface area (Å²) in [5.41, 5.74) is 10.3. The Morgan fingerprint density at radius 1 is 1.58 bits per heavy atom. The van der Waals surface area contributed by atoms with Crippen LogP contribution in [0.3, 0.4) is 0 Å². The van der Waals surface area contributed by atoms with Gasteiger partial charge in [-0.25, -0.2) is 0 Å². The van der Waals surface area contributed by atoms with Crippen LogP contribution in [0.15, 0.2) is 16.8 Å². The topological polar surface area (TPSA) is 98.2 Å². The van der Waals surface area contributed by atoms with E-state index in [1.807, 2.05) is 5.09 Å². The van der Waals surface area contributed by atoms with Gasteiger partial charge in [-0.05, 0) is 11.4 Å². The smallest absolute Gasteiger partial charge is 0.279 e. The number of thiophene rings is 1. The number of nitrogens with one attached hydrogen (secondary N) is 1. The van der Waals surface area contributed by atoms with Crippen molar-refractivity contribution in [3.05, 3.63) is 22.4 Å². The maximum absolute atomic E-state index is 11.1. The lowest BCUT2D eigenvalue weighted by molar-refractivity contribution is 0.0981.